The van der Waals surface area contributed by atoms with Crippen LogP contribution in [0.5, 0.6) is 0 Å². The van der Waals surface area contributed by atoms with E-state index in [1.165, 1.54) is 13.2 Å². The fraction of sp³-hybridized carbons (Fsp3) is 0.333. The average molecular weight is 310 g/mol. The fourth-order valence-electron chi connectivity index (χ4n) is 2.15. The van der Waals surface area contributed by atoms with Crippen molar-refractivity contribution in [3.8, 4) is 0 Å². The second-order valence-electron chi connectivity index (χ2n) is 4.60. The van der Waals surface area contributed by atoms with E-state index in [1.54, 1.807) is 13.8 Å². The number of halogens is 2. The first-order valence-electron chi connectivity index (χ1n) is 6.69. The molecule has 1 aromatic carbocycles. The van der Waals surface area contributed by atoms with Gasteiger partial charge in [0.05, 0.1) is 19.3 Å². The summed E-state index contributed by atoms with van der Waals surface area (Å²) in [5.41, 5.74) is 1.05. The van der Waals surface area contributed by atoms with Gasteiger partial charge in [-0.25, -0.2) is 18.6 Å². The predicted octanol–water partition coefficient (Wildman–Crippen LogP) is 2.45. The number of amidine groups is 1. The van der Waals surface area contributed by atoms with Crippen LogP contribution in [-0.4, -0.2) is 25.7 Å². The van der Waals surface area contributed by atoms with Crippen molar-refractivity contribution >= 4 is 12.0 Å². The van der Waals surface area contributed by atoms with E-state index in [0.717, 1.165) is 12.1 Å². The molecule has 1 aromatic rings. The zero-order valence-corrected chi connectivity index (χ0v) is 12.4. The van der Waals surface area contributed by atoms with Crippen molar-refractivity contribution in [3.63, 3.8) is 0 Å². The Hall–Kier alpha value is -2.44. The molecule has 7 heteroatoms. The molecule has 1 aliphatic heterocycles. The molecule has 0 radical (unpaired) electrons. The van der Waals surface area contributed by atoms with E-state index in [-0.39, 0.29) is 18.2 Å². The Labute approximate surface area is 126 Å². The fourth-order valence-corrected chi connectivity index (χ4v) is 2.15. The van der Waals surface area contributed by atoms with Gasteiger partial charge in [-0.05, 0) is 31.5 Å². The molecular formula is C15H16F2N2O3. The van der Waals surface area contributed by atoms with Crippen molar-refractivity contribution in [2.45, 2.75) is 19.9 Å². The molecule has 0 aromatic heterocycles. The molecule has 5 nitrogen and oxygen atoms in total. The Kier molecular flexibility index (Phi) is 4.75. The van der Waals surface area contributed by atoms with Crippen LogP contribution in [0.2, 0.25) is 0 Å². The average Bonchev–Trinajstić information content (AvgIpc) is 2.49. The van der Waals surface area contributed by atoms with Gasteiger partial charge in [0.2, 0.25) is 0 Å². The Morgan fingerprint density at radius 2 is 2.09 bits per heavy atom. The number of benzene rings is 1. The number of nitrogens with one attached hydrogen (secondary N) is 1. The topological polar surface area (TPSA) is 59.9 Å². The zero-order chi connectivity index (χ0) is 16.3. The minimum absolute atomic E-state index is 0.181. The lowest BCUT2D eigenvalue weighted by Crippen LogP contribution is -2.33. The highest BCUT2D eigenvalue weighted by atomic mass is 19.2. The molecule has 0 saturated carbocycles. The summed E-state index contributed by atoms with van der Waals surface area (Å²) in [6.45, 7) is 3.54. The van der Waals surface area contributed by atoms with Crippen LogP contribution in [0.15, 0.2) is 34.5 Å². The van der Waals surface area contributed by atoms with Crippen molar-refractivity contribution < 1.29 is 23.0 Å². The highest BCUT2D eigenvalue weighted by molar-refractivity contribution is 5.94. The number of methoxy groups -OCH3 is 1. The number of carbonyl (C=O) groups is 1. The molecule has 22 heavy (non-hydrogen) atoms. The van der Waals surface area contributed by atoms with Crippen molar-refractivity contribution in [2.24, 2.45) is 4.99 Å². The van der Waals surface area contributed by atoms with Crippen molar-refractivity contribution in [1.82, 2.24) is 5.32 Å². The lowest BCUT2D eigenvalue weighted by atomic mass is 9.96. The largest absolute Gasteiger partial charge is 0.468 e. The van der Waals surface area contributed by atoms with Gasteiger partial charge in [0.1, 0.15) is 6.04 Å². The van der Waals surface area contributed by atoms with E-state index >= 15 is 0 Å². The molecule has 0 fully saturated rings. The van der Waals surface area contributed by atoms with E-state index < -0.39 is 23.6 Å². The molecule has 1 aliphatic rings. The molecule has 0 amide bonds. The monoisotopic (exact) mass is 310 g/mol. The molecular weight excluding hydrogens is 294 g/mol. The third kappa shape index (κ3) is 3.08. The molecule has 0 spiro atoms. The Morgan fingerprint density at radius 1 is 1.36 bits per heavy atom. The first-order chi connectivity index (χ1) is 10.5. The van der Waals surface area contributed by atoms with Gasteiger partial charge in [0.25, 0.3) is 6.02 Å². The SMILES string of the molecule is CCOC(=O)C1=C(C)NC(OC)=NC1c1ccc(F)c(F)c1. The van der Waals surface area contributed by atoms with Gasteiger partial charge in [0.15, 0.2) is 11.6 Å². The second kappa shape index (κ2) is 6.55. The van der Waals surface area contributed by atoms with Gasteiger partial charge >= 0.3 is 5.97 Å². The van der Waals surface area contributed by atoms with Crippen LogP contribution < -0.4 is 5.32 Å². The standard InChI is InChI=1S/C15H16F2N2O3/c1-4-22-14(20)12-8(2)18-15(21-3)19-13(12)9-5-6-10(16)11(17)7-9/h5-7,13H,4H2,1-3H3,(H,18,19). The first-order valence-corrected chi connectivity index (χ1v) is 6.69. The Morgan fingerprint density at radius 3 is 2.68 bits per heavy atom. The zero-order valence-electron chi connectivity index (χ0n) is 12.4. The number of rotatable bonds is 3. The maximum atomic E-state index is 13.5. The summed E-state index contributed by atoms with van der Waals surface area (Å²) < 4.78 is 36.6. The third-order valence-electron chi connectivity index (χ3n) is 3.17. The maximum absolute atomic E-state index is 13.5. The van der Waals surface area contributed by atoms with Gasteiger partial charge in [-0.15, -0.1) is 0 Å². The van der Waals surface area contributed by atoms with Crippen molar-refractivity contribution in [1.29, 1.82) is 0 Å². The van der Waals surface area contributed by atoms with Crippen LogP contribution >= 0.6 is 0 Å². The van der Waals surface area contributed by atoms with E-state index in [0.29, 0.717) is 11.3 Å². The Balaban J connectivity index is 2.49. The molecule has 1 atom stereocenters. The van der Waals surface area contributed by atoms with Crippen LogP contribution in [0.4, 0.5) is 8.78 Å². The quantitative estimate of drug-likeness (QED) is 0.871. The highest BCUT2D eigenvalue weighted by Gasteiger charge is 2.31. The number of hydrogen-bond donors (Lipinski definition) is 1. The summed E-state index contributed by atoms with van der Waals surface area (Å²) in [5.74, 6) is -2.54. The third-order valence-corrected chi connectivity index (χ3v) is 3.17. The number of hydrogen-bond acceptors (Lipinski definition) is 5. The van der Waals surface area contributed by atoms with Crippen LogP contribution in [0.3, 0.4) is 0 Å². The van der Waals surface area contributed by atoms with Crippen molar-refractivity contribution in [3.05, 3.63) is 46.7 Å². The summed E-state index contributed by atoms with van der Waals surface area (Å²) in [5, 5.41) is 2.82. The normalized spacial score (nSPS) is 17.7. The summed E-state index contributed by atoms with van der Waals surface area (Å²) >= 11 is 0. The van der Waals surface area contributed by atoms with E-state index in [1.807, 2.05) is 0 Å². The van der Waals surface area contributed by atoms with Gasteiger partial charge in [0, 0.05) is 5.70 Å². The predicted molar refractivity (Wildman–Crippen MR) is 76.0 cm³/mol. The molecule has 2 rings (SSSR count). The highest BCUT2D eigenvalue weighted by Crippen LogP contribution is 2.32. The minimum atomic E-state index is -1.01. The van der Waals surface area contributed by atoms with Gasteiger partial charge < -0.3 is 14.8 Å². The number of aliphatic imine (C=N–C) groups is 1. The van der Waals surface area contributed by atoms with Gasteiger partial charge in [-0.3, -0.25) is 0 Å². The lowest BCUT2D eigenvalue weighted by molar-refractivity contribution is -0.138. The van der Waals surface area contributed by atoms with E-state index in [2.05, 4.69) is 10.3 Å². The van der Waals surface area contributed by atoms with Crippen LogP contribution in [0, 0.1) is 11.6 Å². The summed E-state index contributed by atoms with van der Waals surface area (Å²) in [6, 6.07) is 2.73. The number of allylic oxidation sites excluding steroid dienone is 1. The smallest absolute Gasteiger partial charge is 0.338 e. The Bertz CT molecular complexity index is 656. The van der Waals surface area contributed by atoms with Gasteiger partial charge in [-0.1, -0.05) is 6.07 Å². The van der Waals surface area contributed by atoms with Crippen LogP contribution in [0.1, 0.15) is 25.5 Å². The van der Waals surface area contributed by atoms with E-state index in [9.17, 15) is 13.6 Å². The number of esters is 1. The van der Waals surface area contributed by atoms with Crippen LogP contribution in [0.25, 0.3) is 0 Å². The molecule has 118 valence electrons. The van der Waals surface area contributed by atoms with Gasteiger partial charge in [-0.2, -0.15) is 0 Å². The molecule has 1 N–H and O–H groups in total. The molecule has 0 bridgehead atoms. The lowest BCUT2D eigenvalue weighted by Gasteiger charge is -2.25. The van der Waals surface area contributed by atoms with Crippen molar-refractivity contribution in [2.75, 3.05) is 13.7 Å². The summed E-state index contributed by atoms with van der Waals surface area (Å²) in [7, 11) is 1.41. The van der Waals surface area contributed by atoms with Crippen LogP contribution in [-0.2, 0) is 14.3 Å². The van der Waals surface area contributed by atoms with E-state index in [4.69, 9.17) is 9.47 Å². The maximum Gasteiger partial charge on any atom is 0.338 e. The molecule has 0 aliphatic carbocycles. The second-order valence-corrected chi connectivity index (χ2v) is 4.60. The number of carbonyl (C=O) groups excluding carboxylic acids is 1. The number of ether oxygens (including phenoxy) is 2. The molecule has 0 saturated heterocycles. The number of nitrogens with zero attached hydrogens (tertiary/aromatic N) is 1. The minimum Gasteiger partial charge on any atom is -0.468 e. The molecule has 1 heterocycles. The summed E-state index contributed by atoms with van der Waals surface area (Å²) in [6.07, 6.45) is 0. The first kappa shape index (κ1) is 15.9. The molecule has 1 unspecified atom stereocenters. The summed E-state index contributed by atoms with van der Waals surface area (Å²) in [4.78, 5) is 16.4.